The number of hydrogen-bond donors (Lipinski definition) is 1. The molecule has 0 bridgehead atoms. The minimum Gasteiger partial charge on any atom is -0.497 e. The molecule has 2 N–H and O–H groups in total. The maximum absolute atomic E-state index is 5.90. The average Bonchev–Trinajstić information content (AvgIpc) is 2.90. The molecule has 0 saturated heterocycles. The second kappa shape index (κ2) is 5.69. The van der Waals surface area contributed by atoms with Crippen LogP contribution in [-0.4, -0.2) is 40.0 Å². The van der Waals surface area contributed by atoms with Gasteiger partial charge >= 0.3 is 0 Å². The molecule has 21 heavy (non-hydrogen) atoms. The van der Waals surface area contributed by atoms with Crippen LogP contribution in [0, 0.1) is 0 Å². The lowest BCUT2D eigenvalue weighted by Gasteiger charge is -2.34. The Morgan fingerprint density at radius 2 is 2.14 bits per heavy atom. The molecule has 0 unspecified atom stereocenters. The van der Waals surface area contributed by atoms with Gasteiger partial charge in [0.25, 0.3) is 0 Å². The van der Waals surface area contributed by atoms with Crippen molar-refractivity contribution in [3.05, 3.63) is 18.2 Å². The zero-order chi connectivity index (χ0) is 14.8. The Hall–Kier alpha value is -2.15. The zero-order valence-electron chi connectivity index (χ0n) is 12.2. The number of hydrogen-bond acceptors (Lipinski definition) is 6. The van der Waals surface area contributed by atoms with Crippen LogP contribution >= 0.6 is 0 Å². The molecule has 7 heteroatoms. The number of rotatable bonds is 5. The summed E-state index contributed by atoms with van der Waals surface area (Å²) in [7, 11) is 1.61. The lowest BCUT2D eigenvalue weighted by molar-refractivity contribution is -0.0227. The predicted octanol–water partition coefficient (Wildman–Crippen LogP) is 1.67. The SMILES string of the molecule is CCOC1CC(n2nnnc2-c2cc(N)cc(OC)c2)C1. The van der Waals surface area contributed by atoms with E-state index in [4.69, 9.17) is 15.2 Å². The number of nitrogen functional groups attached to an aromatic ring is 1. The van der Waals surface area contributed by atoms with Gasteiger partial charge in [-0.1, -0.05) is 0 Å². The van der Waals surface area contributed by atoms with Crippen LogP contribution in [0.1, 0.15) is 25.8 Å². The van der Waals surface area contributed by atoms with E-state index in [2.05, 4.69) is 15.5 Å². The van der Waals surface area contributed by atoms with Gasteiger partial charge in [0.2, 0.25) is 0 Å². The van der Waals surface area contributed by atoms with Crippen LogP contribution in [0.5, 0.6) is 5.75 Å². The lowest BCUT2D eigenvalue weighted by atomic mass is 9.89. The van der Waals surface area contributed by atoms with Crippen LogP contribution in [0.2, 0.25) is 0 Å². The van der Waals surface area contributed by atoms with Gasteiger partial charge in [0.1, 0.15) is 5.75 Å². The molecule has 112 valence electrons. The molecule has 0 atom stereocenters. The first kappa shape index (κ1) is 13.8. The van der Waals surface area contributed by atoms with Crippen molar-refractivity contribution in [2.45, 2.75) is 31.9 Å². The number of aromatic nitrogens is 4. The molecule has 1 aromatic carbocycles. The molecule has 0 radical (unpaired) electrons. The predicted molar refractivity (Wildman–Crippen MR) is 77.9 cm³/mol. The highest BCUT2D eigenvalue weighted by Crippen LogP contribution is 2.36. The van der Waals surface area contributed by atoms with E-state index in [1.54, 1.807) is 13.2 Å². The number of anilines is 1. The summed E-state index contributed by atoms with van der Waals surface area (Å²) < 4.78 is 12.7. The third-order valence-corrected chi connectivity index (χ3v) is 3.73. The first-order valence-electron chi connectivity index (χ1n) is 7.05. The van der Waals surface area contributed by atoms with Crippen molar-refractivity contribution in [1.82, 2.24) is 20.2 Å². The highest BCUT2D eigenvalue weighted by atomic mass is 16.5. The van der Waals surface area contributed by atoms with Crippen LogP contribution in [0.25, 0.3) is 11.4 Å². The summed E-state index contributed by atoms with van der Waals surface area (Å²) in [4.78, 5) is 0. The summed E-state index contributed by atoms with van der Waals surface area (Å²) in [5.41, 5.74) is 7.38. The second-order valence-corrected chi connectivity index (χ2v) is 5.14. The molecule has 1 fully saturated rings. The zero-order valence-corrected chi connectivity index (χ0v) is 12.2. The van der Waals surface area contributed by atoms with E-state index in [-0.39, 0.29) is 6.04 Å². The van der Waals surface area contributed by atoms with Gasteiger partial charge in [0, 0.05) is 23.9 Å². The molecule has 1 aromatic heterocycles. The number of benzene rings is 1. The summed E-state index contributed by atoms with van der Waals surface area (Å²) >= 11 is 0. The Morgan fingerprint density at radius 1 is 1.33 bits per heavy atom. The van der Waals surface area contributed by atoms with Gasteiger partial charge in [-0.3, -0.25) is 0 Å². The first-order chi connectivity index (χ1) is 10.2. The van der Waals surface area contributed by atoms with Gasteiger partial charge in [0.15, 0.2) is 5.82 Å². The van der Waals surface area contributed by atoms with Crippen LogP contribution in [0.4, 0.5) is 5.69 Å². The van der Waals surface area contributed by atoms with Crippen molar-refractivity contribution in [2.24, 2.45) is 0 Å². The van der Waals surface area contributed by atoms with Gasteiger partial charge in [-0.15, -0.1) is 5.10 Å². The van der Waals surface area contributed by atoms with Crippen molar-refractivity contribution in [1.29, 1.82) is 0 Å². The molecular formula is C14H19N5O2. The number of nitrogens with zero attached hydrogens (tertiary/aromatic N) is 4. The van der Waals surface area contributed by atoms with E-state index in [9.17, 15) is 0 Å². The molecule has 2 aromatic rings. The normalized spacial score (nSPS) is 21.0. The van der Waals surface area contributed by atoms with E-state index < -0.39 is 0 Å². The van der Waals surface area contributed by atoms with Crippen molar-refractivity contribution in [3.63, 3.8) is 0 Å². The molecule has 7 nitrogen and oxygen atoms in total. The molecule has 1 aliphatic rings. The van der Waals surface area contributed by atoms with Crippen LogP contribution < -0.4 is 10.5 Å². The lowest BCUT2D eigenvalue weighted by Crippen LogP contribution is -2.34. The van der Waals surface area contributed by atoms with Crippen LogP contribution in [-0.2, 0) is 4.74 Å². The van der Waals surface area contributed by atoms with E-state index in [0.29, 0.717) is 23.4 Å². The van der Waals surface area contributed by atoms with E-state index in [1.807, 2.05) is 23.7 Å². The third kappa shape index (κ3) is 2.69. The second-order valence-electron chi connectivity index (χ2n) is 5.14. The van der Waals surface area contributed by atoms with Crippen molar-refractivity contribution in [3.8, 4) is 17.1 Å². The quantitative estimate of drug-likeness (QED) is 0.842. The number of tetrazole rings is 1. The largest absolute Gasteiger partial charge is 0.497 e. The summed E-state index contributed by atoms with van der Waals surface area (Å²) in [6.45, 7) is 2.75. The highest BCUT2D eigenvalue weighted by Gasteiger charge is 2.33. The Kier molecular flexibility index (Phi) is 3.74. The fourth-order valence-electron chi connectivity index (χ4n) is 2.61. The number of methoxy groups -OCH3 is 1. The smallest absolute Gasteiger partial charge is 0.182 e. The van der Waals surface area contributed by atoms with Gasteiger partial charge in [0.05, 0.1) is 19.3 Å². The Labute approximate surface area is 123 Å². The van der Waals surface area contributed by atoms with Crippen LogP contribution in [0.15, 0.2) is 18.2 Å². The average molecular weight is 289 g/mol. The Morgan fingerprint density at radius 3 is 2.86 bits per heavy atom. The third-order valence-electron chi connectivity index (χ3n) is 3.73. The van der Waals surface area contributed by atoms with E-state index in [0.717, 1.165) is 25.0 Å². The van der Waals surface area contributed by atoms with Gasteiger partial charge < -0.3 is 15.2 Å². The molecule has 1 aliphatic carbocycles. The summed E-state index contributed by atoms with van der Waals surface area (Å²) in [6, 6.07) is 5.78. The van der Waals surface area contributed by atoms with Gasteiger partial charge in [-0.25, -0.2) is 4.68 Å². The topological polar surface area (TPSA) is 88.1 Å². The van der Waals surface area contributed by atoms with Crippen LogP contribution in [0.3, 0.4) is 0 Å². The van der Waals surface area contributed by atoms with E-state index >= 15 is 0 Å². The summed E-state index contributed by atoms with van der Waals surface area (Å²) in [5.74, 6) is 1.40. The molecular weight excluding hydrogens is 270 g/mol. The number of ether oxygens (including phenoxy) is 2. The first-order valence-corrected chi connectivity index (χ1v) is 7.05. The standard InChI is InChI=1S/C14H19N5O2/c1-3-21-13-7-11(8-13)19-14(16-17-18-19)9-4-10(15)6-12(5-9)20-2/h4-6,11,13H,3,7-8,15H2,1-2H3. The Balaban J connectivity index is 1.85. The molecule has 3 rings (SSSR count). The fraction of sp³-hybridized carbons (Fsp3) is 0.500. The van der Waals surface area contributed by atoms with Gasteiger partial charge in [-0.05, 0) is 42.3 Å². The summed E-state index contributed by atoms with van der Waals surface area (Å²) in [5, 5.41) is 12.0. The molecule has 0 spiro atoms. The fourth-order valence-corrected chi connectivity index (χ4v) is 2.61. The minimum atomic E-state index is 0.277. The highest BCUT2D eigenvalue weighted by molar-refractivity contribution is 5.64. The molecule has 1 saturated carbocycles. The molecule has 0 aliphatic heterocycles. The van der Waals surface area contributed by atoms with E-state index in [1.165, 1.54) is 0 Å². The Bertz CT molecular complexity index is 622. The maximum atomic E-state index is 5.90. The monoisotopic (exact) mass is 289 g/mol. The molecule has 0 amide bonds. The maximum Gasteiger partial charge on any atom is 0.182 e. The number of nitrogens with two attached hydrogens (primary N) is 1. The summed E-state index contributed by atoms with van der Waals surface area (Å²) in [6.07, 6.45) is 2.18. The van der Waals surface area contributed by atoms with Crippen molar-refractivity contribution in [2.75, 3.05) is 19.5 Å². The van der Waals surface area contributed by atoms with Crippen molar-refractivity contribution >= 4 is 5.69 Å². The van der Waals surface area contributed by atoms with Gasteiger partial charge in [-0.2, -0.15) is 0 Å². The minimum absolute atomic E-state index is 0.277. The molecule has 1 heterocycles. The van der Waals surface area contributed by atoms with Crippen molar-refractivity contribution < 1.29 is 9.47 Å².